The lowest BCUT2D eigenvalue weighted by molar-refractivity contribution is -0.139. The highest BCUT2D eigenvalue weighted by molar-refractivity contribution is 5.88. The van der Waals surface area contributed by atoms with Crippen molar-refractivity contribution in [3.8, 4) is 11.5 Å². The molecule has 0 radical (unpaired) electrons. The first kappa shape index (κ1) is 26.2. The lowest BCUT2D eigenvalue weighted by atomic mass is 9.89. The number of hydrogen-bond donors (Lipinski definition) is 3. The van der Waals surface area contributed by atoms with Gasteiger partial charge in [-0.05, 0) is 53.6 Å². The van der Waals surface area contributed by atoms with Crippen LogP contribution in [0.2, 0.25) is 0 Å². The molecule has 3 heterocycles. The van der Waals surface area contributed by atoms with E-state index in [2.05, 4.69) is 26.2 Å². The predicted octanol–water partition coefficient (Wildman–Crippen LogP) is 4.33. The molecule has 1 saturated heterocycles. The largest absolute Gasteiger partial charge is 0.497 e. The molecular formula is C31H33FN4O4. The Hall–Kier alpha value is -4.08. The first-order valence-corrected chi connectivity index (χ1v) is 13.5. The quantitative estimate of drug-likeness (QED) is 0.319. The van der Waals surface area contributed by atoms with Gasteiger partial charge in [-0.15, -0.1) is 0 Å². The van der Waals surface area contributed by atoms with Crippen LogP contribution in [-0.2, 0) is 17.8 Å². The minimum absolute atomic E-state index is 0.195. The van der Waals surface area contributed by atoms with Gasteiger partial charge in [-0.2, -0.15) is 0 Å². The summed E-state index contributed by atoms with van der Waals surface area (Å²) in [6, 6.07) is 17.8. The van der Waals surface area contributed by atoms with Gasteiger partial charge in [0.25, 0.3) is 0 Å². The van der Waals surface area contributed by atoms with E-state index in [1.54, 1.807) is 20.3 Å². The highest BCUT2D eigenvalue weighted by atomic mass is 19.1. The number of para-hydroxylation sites is 1. The van der Waals surface area contributed by atoms with Gasteiger partial charge in [0.05, 0.1) is 25.9 Å². The number of halogens is 1. The Labute approximate surface area is 232 Å². The van der Waals surface area contributed by atoms with E-state index in [9.17, 15) is 14.3 Å². The topological polar surface area (TPSA) is 90.1 Å². The Balaban J connectivity index is 1.28. The summed E-state index contributed by atoms with van der Waals surface area (Å²) < 4.78 is 25.5. The van der Waals surface area contributed by atoms with Gasteiger partial charge >= 0.3 is 5.97 Å². The normalized spacial score (nSPS) is 19.4. The van der Waals surface area contributed by atoms with E-state index in [0.29, 0.717) is 18.7 Å². The molecule has 8 nitrogen and oxygen atoms in total. The van der Waals surface area contributed by atoms with Crippen LogP contribution in [0.5, 0.6) is 11.5 Å². The van der Waals surface area contributed by atoms with Crippen molar-refractivity contribution in [3.63, 3.8) is 0 Å². The maximum absolute atomic E-state index is 14.3. The van der Waals surface area contributed by atoms with Crippen LogP contribution in [0.25, 0.3) is 10.9 Å². The number of aromatic nitrogens is 1. The Morgan fingerprint density at radius 3 is 2.55 bits per heavy atom. The van der Waals surface area contributed by atoms with Gasteiger partial charge in [-0.25, -0.2) is 4.39 Å². The van der Waals surface area contributed by atoms with Crippen molar-refractivity contribution in [1.82, 2.24) is 15.2 Å². The highest BCUT2D eigenvalue weighted by Gasteiger charge is 2.34. The predicted molar refractivity (Wildman–Crippen MR) is 152 cm³/mol. The van der Waals surface area contributed by atoms with Crippen molar-refractivity contribution in [2.45, 2.75) is 25.0 Å². The molecule has 208 valence electrons. The number of anilines is 1. The SMILES string of the molecule is COc1ccc2[nH]c3c(c2c1)C[C@@H](C(=O)O)N[C@H]3c1ccc(OC)c(CN2CCN(c3ccccc3F)CC2)c1. The smallest absolute Gasteiger partial charge is 0.321 e. The molecule has 3 N–H and O–H groups in total. The molecule has 9 heteroatoms. The molecule has 2 atom stereocenters. The molecule has 1 aromatic heterocycles. The lowest BCUT2D eigenvalue weighted by Crippen LogP contribution is -2.46. The van der Waals surface area contributed by atoms with Crippen molar-refractivity contribution in [1.29, 1.82) is 0 Å². The third kappa shape index (κ3) is 4.87. The van der Waals surface area contributed by atoms with Crippen molar-refractivity contribution < 1.29 is 23.8 Å². The summed E-state index contributed by atoms with van der Waals surface area (Å²) in [6.07, 6.45) is 0.379. The van der Waals surface area contributed by atoms with Gasteiger partial charge in [0, 0.05) is 61.3 Å². The molecule has 0 saturated carbocycles. The fraction of sp³-hybridized carbons (Fsp3) is 0.323. The van der Waals surface area contributed by atoms with Gasteiger partial charge in [0.2, 0.25) is 0 Å². The number of aliphatic carboxylic acids is 1. The van der Waals surface area contributed by atoms with E-state index < -0.39 is 12.0 Å². The van der Waals surface area contributed by atoms with E-state index in [0.717, 1.165) is 71.0 Å². The van der Waals surface area contributed by atoms with Crippen LogP contribution in [-0.4, -0.2) is 67.4 Å². The van der Waals surface area contributed by atoms with Crippen molar-refractivity contribution in [2.24, 2.45) is 0 Å². The average molecular weight is 545 g/mol. The number of hydrogen-bond acceptors (Lipinski definition) is 6. The number of aromatic amines is 1. The maximum Gasteiger partial charge on any atom is 0.321 e. The Morgan fingerprint density at radius 1 is 1.02 bits per heavy atom. The zero-order valence-electron chi connectivity index (χ0n) is 22.6. The van der Waals surface area contributed by atoms with E-state index in [1.165, 1.54) is 6.07 Å². The fourth-order valence-corrected chi connectivity index (χ4v) is 6.01. The number of nitrogens with zero attached hydrogens (tertiary/aromatic N) is 2. The number of ether oxygens (including phenoxy) is 2. The van der Waals surface area contributed by atoms with Crippen LogP contribution in [0.1, 0.15) is 28.4 Å². The first-order valence-electron chi connectivity index (χ1n) is 13.5. The van der Waals surface area contributed by atoms with Crippen LogP contribution < -0.4 is 19.7 Å². The number of nitrogens with one attached hydrogen (secondary N) is 2. The van der Waals surface area contributed by atoms with Crippen LogP contribution in [0.4, 0.5) is 10.1 Å². The van der Waals surface area contributed by atoms with Gasteiger partial charge in [0.1, 0.15) is 23.4 Å². The monoisotopic (exact) mass is 544 g/mol. The van der Waals surface area contributed by atoms with Crippen molar-refractivity contribution in [2.75, 3.05) is 45.3 Å². The van der Waals surface area contributed by atoms with Crippen LogP contribution in [0.15, 0.2) is 60.7 Å². The third-order valence-corrected chi connectivity index (χ3v) is 8.11. The molecule has 6 rings (SSSR count). The summed E-state index contributed by atoms with van der Waals surface area (Å²) in [4.78, 5) is 20.1. The van der Waals surface area contributed by atoms with E-state index in [4.69, 9.17) is 9.47 Å². The number of rotatable bonds is 7. The second-order valence-corrected chi connectivity index (χ2v) is 10.4. The second-order valence-electron chi connectivity index (χ2n) is 10.4. The maximum atomic E-state index is 14.3. The molecule has 0 spiro atoms. The molecule has 0 aliphatic carbocycles. The molecule has 4 aromatic rings. The number of H-pyrrole nitrogens is 1. The zero-order chi connectivity index (χ0) is 27.8. The highest BCUT2D eigenvalue weighted by Crippen LogP contribution is 2.38. The van der Waals surface area contributed by atoms with Crippen molar-refractivity contribution >= 4 is 22.6 Å². The van der Waals surface area contributed by atoms with Gasteiger partial charge in [-0.3, -0.25) is 15.0 Å². The summed E-state index contributed by atoms with van der Waals surface area (Å²) in [6.45, 7) is 3.72. The Morgan fingerprint density at radius 2 is 1.82 bits per heavy atom. The van der Waals surface area contributed by atoms with Crippen LogP contribution >= 0.6 is 0 Å². The molecule has 40 heavy (non-hydrogen) atoms. The molecule has 2 aliphatic heterocycles. The van der Waals surface area contributed by atoms with E-state index in [1.807, 2.05) is 42.5 Å². The molecule has 0 bridgehead atoms. The summed E-state index contributed by atoms with van der Waals surface area (Å²) in [7, 11) is 3.29. The number of piperazine rings is 1. The van der Waals surface area contributed by atoms with E-state index in [-0.39, 0.29) is 11.9 Å². The standard InChI is InChI=1S/C31H33FN4O4/c1-39-21-8-9-25-22(16-21)23-17-26(31(37)38)34-29(30(23)33-25)19-7-10-28(40-2)20(15-19)18-35-11-13-36(14-12-35)27-6-4-3-5-24(27)32/h3-10,15-16,26,29,33-34H,11-14,17-18H2,1-2H3,(H,37,38)/t26-,29-/m0/s1. The second kappa shape index (κ2) is 10.8. The van der Waals surface area contributed by atoms with Gasteiger partial charge in [0.15, 0.2) is 0 Å². The molecule has 2 aliphatic rings. The Bertz CT molecular complexity index is 1550. The first-order chi connectivity index (χ1) is 19.4. The molecular weight excluding hydrogens is 511 g/mol. The Kier molecular flexibility index (Phi) is 7.08. The number of carboxylic acid groups (broad SMARTS) is 1. The number of fused-ring (bicyclic) bond motifs is 3. The number of benzene rings is 3. The molecule has 3 aromatic carbocycles. The summed E-state index contributed by atoms with van der Waals surface area (Å²) in [5, 5.41) is 14.3. The number of carbonyl (C=O) groups is 1. The third-order valence-electron chi connectivity index (χ3n) is 8.11. The zero-order valence-corrected chi connectivity index (χ0v) is 22.6. The summed E-state index contributed by atoms with van der Waals surface area (Å²) in [5.41, 5.74) is 5.54. The average Bonchev–Trinajstić information content (AvgIpc) is 3.35. The fourth-order valence-electron chi connectivity index (χ4n) is 6.01. The lowest BCUT2D eigenvalue weighted by Gasteiger charge is -2.36. The molecule has 0 amide bonds. The van der Waals surface area contributed by atoms with E-state index >= 15 is 0 Å². The van der Waals surface area contributed by atoms with Crippen LogP contribution in [0, 0.1) is 5.82 Å². The van der Waals surface area contributed by atoms with Gasteiger partial charge < -0.3 is 24.5 Å². The summed E-state index contributed by atoms with van der Waals surface area (Å²) in [5.74, 6) is 0.444. The minimum atomic E-state index is -0.880. The number of methoxy groups -OCH3 is 2. The molecule has 1 fully saturated rings. The van der Waals surface area contributed by atoms with Crippen LogP contribution in [0.3, 0.4) is 0 Å². The summed E-state index contributed by atoms with van der Waals surface area (Å²) >= 11 is 0. The molecule has 0 unspecified atom stereocenters. The number of carboxylic acids is 1. The van der Waals surface area contributed by atoms with Crippen molar-refractivity contribution in [3.05, 3.63) is 88.9 Å². The minimum Gasteiger partial charge on any atom is -0.497 e. The van der Waals surface area contributed by atoms with Gasteiger partial charge in [-0.1, -0.05) is 18.2 Å².